The Balaban J connectivity index is 2.29. The van der Waals surface area contributed by atoms with Crippen molar-refractivity contribution in [2.45, 2.75) is 59.1 Å². The highest BCUT2D eigenvalue weighted by Crippen LogP contribution is 2.32. The summed E-state index contributed by atoms with van der Waals surface area (Å²) in [6.45, 7) is 10.8. The van der Waals surface area contributed by atoms with Crippen LogP contribution in [0.1, 0.15) is 56.8 Å². The van der Waals surface area contributed by atoms with Crippen LogP contribution in [0, 0.1) is 5.92 Å². The Morgan fingerprint density at radius 1 is 1.20 bits per heavy atom. The molecule has 3 atom stereocenters. The summed E-state index contributed by atoms with van der Waals surface area (Å²) in [5.74, 6) is 0.634. The van der Waals surface area contributed by atoms with E-state index in [2.05, 4.69) is 51.2 Å². The maximum Gasteiger partial charge on any atom is 0.0795 e. The Bertz CT molecular complexity index is 429. The molecule has 2 rings (SSSR count). The van der Waals surface area contributed by atoms with Gasteiger partial charge in [0.15, 0.2) is 0 Å². The van der Waals surface area contributed by atoms with Crippen LogP contribution in [0.3, 0.4) is 0 Å². The first-order valence-corrected chi connectivity index (χ1v) is 8.17. The van der Waals surface area contributed by atoms with Crippen LogP contribution in [-0.4, -0.2) is 19.3 Å². The van der Waals surface area contributed by atoms with Crippen LogP contribution >= 0.6 is 0 Å². The number of aryl methyl sites for hydroxylation is 2. The van der Waals surface area contributed by atoms with Crippen molar-refractivity contribution in [3.05, 3.63) is 34.9 Å². The van der Waals surface area contributed by atoms with Gasteiger partial charge >= 0.3 is 0 Å². The van der Waals surface area contributed by atoms with Gasteiger partial charge in [0.1, 0.15) is 0 Å². The summed E-state index contributed by atoms with van der Waals surface area (Å²) in [5.41, 5.74) is 4.35. The Hall–Kier alpha value is -0.860. The SMILES string of the molecule is CCNC(c1ccc(CC)c(CC)c1)C1OCCC1C. The van der Waals surface area contributed by atoms with Crippen LogP contribution in [0.25, 0.3) is 0 Å². The van der Waals surface area contributed by atoms with Gasteiger partial charge in [-0.15, -0.1) is 0 Å². The van der Waals surface area contributed by atoms with E-state index >= 15 is 0 Å². The molecule has 20 heavy (non-hydrogen) atoms. The first-order valence-electron chi connectivity index (χ1n) is 8.17. The standard InChI is InChI=1S/C18H29NO/c1-5-14-8-9-16(12-15(14)6-2)17(19-7-3)18-13(4)10-11-20-18/h8-9,12-13,17-19H,5-7,10-11H2,1-4H3. The highest BCUT2D eigenvalue weighted by atomic mass is 16.5. The lowest BCUT2D eigenvalue weighted by Gasteiger charge is -2.28. The third-order valence-corrected chi connectivity index (χ3v) is 4.55. The van der Waals surface area contributed by atoms with E-state index in [0.29, 0.717) is 18.1 Å². The van der Waals surface area contributed by atoms with Crippen molar-refractivity contribution in [2.75, 3.05) is 13.2 Å². The molecule has 1 aromatic carbocycles. The van der Waals surface area contributed by atoms with E-state index < -0.39 is 0 Å². The lowest BCUT2D eigenvalue weighted by atomic mass is 9.90. The van der Waals surface area contributed by atoms with Gasteiger partial charge in [-0.2, -0.15) is 0 Å². The molecular weight excluding hydrogens is 246 g/mol. The molecule has 1 fully saturated rings. The Morgan fingerprint density at radius 3 is 2.50 bits per heavy atom. The summed E-state index contributed by atoms with van der Waals surface area (Å²) in [5, 5.41) is 3.64. The second-order valence-electron chi connectivity index (χ2n) is 5.87. The van der Waals surface area contributed by atoms with Crippen molar-refractivity contribution in [1.29, 1.82) is 0 Å². The normalized spacial score (nSPS) is 24.0. The fourth-order valence-electron chi connectivity index (χ4n) is 3.30. The summed E-state index contributed by atoms with van der Waals surface area (Å²) in [4.78, 5) is 0. The van der Waals surface area contributed by atoms with Gasteiger partial charge in [-0.1, -0.05) is 45.9 Å². The van der Waals surface area contributed by atoms with E-state index in [1.54, 1.807) is 0 Å². The first-order chi connectivity index (χ1) is 9.71. The summed E-state index contributed by atoms with van der Waals surface area (Å²) in [6, 6.07) is 7.31. The highest BCUT2D eigenvalue weighted by Gasteiger charge is 2.32. The third kappa shape index (κ3) is 3.24. The van der Waals surface area contributed by atoms with Gasteiger partial charge in [0, 0.05) is 6.61 Å². The van der Waals surface area contributed by atoms with Crippen molar-refractivity contribution in [3.8, 4) is 0 Å². The van der Waals surface area contributed by atoms with Crippen molar-refractivity contribution < 1.29 is 4.74 Å². The van der Waals surface area contributed by atoms with Gasteiger partial charge in [0.2, 0.25) is 0 Å². The lowest BCUT2D eigenvalue weighted by molar-refractivity contribution is 0.0612. The molecule has 2 heteroatoms. The summed E-state index contributed by atoms with van der Waals surface area (Å²) in [6.07, 6.45) is 3.72. The predicted molar refractivity (Wildman–Crippen MR) is 85.1 cm³/mol. The van der Waals surface area contributed by atoms with Crippen LogP contribution in [-0.2, 0) is 17.6 Å². The van der Waals surface area contributed by atoms with E-state index in [9.17, 15) is 0 Å². The van der Waals surface area contributed by atoms with E-state index in [-0.39, 0.29) is 0 Å². The maximum absolute atomic E-state index is 6.00. The molecule has 1 aromatic rings. The molecule has 1 N–H and O–H groups in total. The average molecular weight is 275 g/mol. The first kappa shape index (κ1) is 15.5. The fourth-order valence-corrected chi connectivity index (χ4v) is 3.30. The molecule has 0 aliphatic carbocycles. The van der Waals surface area contributed by atoms with Crippen molar-refractivity contribution >= 4 is 0 Å². The minimum absolute atomic E-state index is 0.312. The zero-order chi connectivity index (χ0) is 14.5. The quantitative estimate of drug-likeness (QED) is 0.850. The van der Waals surface area contributed by atoms with Gasteiger partial charge in [-0.05, 0) is 48.4 Å². The van der Waals surface area contributed by atoms with Crippen LogP contribution in [0.2, 0.25) is 0 Å². The summed E-state index contributed by atoms with van der Waals surface area (Å²) in [7, 11) is 0. The third-order valence-electron chi connectivity index (χ3n) is 4.55. The Morgan fingerprint density at radius 2 is 1.95 bits per heavy atom. The molecule has 1 heterocycles. The molecule has 3 unspecified atom stereocenters. The molecule has 0 aromatic heterocycles. The van der Waals surface area contributed by atoms with E-state index in [4.69, 9.17) is 4.74 Å². The van der Waals surface area contributed by atoms with Crippen LogP contribution in [0.5, 0.6) is 0 Å². The molecular formula is C18H29NO. The topological polar surface area (TPSA) is 21.3 Å². The maximum atomic E-state index is 6.00. The second kappa shape index (κ2) is 7.24. The minimum atomic E-state index is 0.312. The summed E-state index contributed by atoms with van der Waals surface area (Å²) < 4.78 is 6.00. The van der Waals surface area contributed by atoms with E-state index in [0.717, 1.165) is 26.0 Å². The van der Waals surface area contributed by atoms with Crippen molar-refractivity contribution in [1.82, 2.24) is 5.32 Å². The monoisotopic (exact) mass is 275 g/mol. The van der Waals surface area contributed by atoms with Gasteiger partial charge in [0.05, 0.1) is 12.1 Å². The average Bonchev–Trinajstić information content (AvgIpc) is 2.90. The van der Waals surface area contributed by atoms with Gasteiger partial charge in [-0.25, -0.2) is 0 Å². The molecule has 0 radical (unpaired) electrons. The lowest BCUT2D eigenvalue weighted by Crippen LogP contribution is -2.34. The van der Waals surface area contributed by atoms with Crippen molar-refractivity contribution in [2.24, 2.45) is 5.92 Å². The van der Waals surface area contributed by atoms with Gasteiger partial charge in [0.25, 0.3) is 0 Å². The number of benzene rings is 1. The smallest absolute Gasteiger partial charge is 0.0795 e. The molecule has 112 valence electrons. The van der Waals surface area contributed by atoms with E-state index in [1.807, 2.05) is 0 Å². The largest absolute Gasteiger partial charge is 0.376 e. The molecule has 0 saturated carbocycles. The summed E-state index contributed by atoms with van der Waals surface area (Å²) >= 11 is 0. The molecule has 0 spiro atoms. The molecule has 0 amide bonds. The zero-order valence-electron chi connectivity index (χ0n) is 13.4. The molecule has 1 aliphatic heterocycles. The van der Waals surface area contributed by atoms with Gasteiger partial charge < -0.3 is 10.1 Å². The number of likely N-dealkylation sites (N-methyl/N-ethyl adjacent to an activating group) is 1. The fraction of sp³-hybridized carbons (Fsp3) is 0.667. The number of ether oxygens (including phenoxy) is 1. The van der Waals surface area contributed by atoms with Crippen molar-refractivity contribution in [3.63, 3.8) is 0 Å². The number of hydrogen-bond acceptors (Lipinski definition) is 2. The Kier molecular flexibility index (Phi) is 5.62. The van der Waals surface area contributed by atoms with Gasteiger partial charge in [-0.3, -0.25) is 0 Å². The molecule has 1 saturated heterocycles. The minimum Gasteiger partial charge on any atom is -0.376 e. The number of rotatable bonds is 6. The molecule has 2 nitrogen and oxygen atoms in total. The molecule has 1 aliphatic rings. The second-order valence-corrected chi connectivity index (χ2v) is 5.87. The van der Waals surface area contributed by atoms with Crippen LogP contribution in [0.4, 0.5) is 0 Å². The Labute approximate surface area is 123 Å². The highest BCUT2D eigenvalue weighted by molar-refractivity contribution is 5.34. The predicted octanol–water partition coefficient (Wildman–Crippen LogP) is 3.89. The van der Waals surface area contributed by atoms with Crippen LogP contribution in [0.15, 0.2) is 18.2 Å². The van der Waals surface area contributed by atoms with Crippen LogP contribution < -0.4 is 5.32 Å². The van der Waals surface area contributed by atoms with E-state index in [1.165, 1.54) is 23.1 Å². The molecule has 0 bridgehead atoms. The zero-order valence-corrected chi connectivity index (χ0v) is 13.4. The number of nitrogens with one attached hydrogen (secondary N) is 1. The number of hydrogen-bond donors (Lipinski definition) is 1.